The van der Waals surface area contributed by atoms with Crippen LogP contribution < -0.4 is 0 Å². The van der Waals surface area contributed by atoms with Gasteiger partial charge in [0.25, 0.3) is 10.0 Å². The molecule has 0 fully saturated rings. The van der Waals surface area contributed by atoms with E-state index in [4.69, 9.17) is 0 Å². The highest BCUT2D eigenvalue weighted by Crippen LogP contribution is 2.33. The monoisotopic (exact) mass is 335 g/mol. The SMILES string of the molecule is CN(Cc1ccccc1C(F)(F)F)S(=O)(=O)c1cccs1. The van der Waals surface area contributed by atoms with Crippen LogP contribution in [0.2, 0.25) is 0 Å². The Morgan fingerprint density at radius 3 is 2.38 bits per heavy atom. The molecule has 2 rings (SSSR count). The van der Waals surface area contributed by atoms with E-state index in [9.17, 15) is 21.6 Å². The molecular weight excluding hydrogens is 323 g/mol. The predicted octanol–water partition coefficient (Wildman–Crippen LogP) is 3.59. The fourth-order valence-electron chi connectivity index (χ4n) is 1.82. The van der Waals surface area contributed by atoms with E-state index in [1.165, 1.54) is 31.3 Å². The Morgan fingerprint density at radius 2 is 1.81 bits per heavy atom. The Labute approximate surface area is 124 Å². The zero-order valence-electron chi connectivity index (χ0n) is 11.0. The van der Waals surface area contributed by atoms with Gasteiger partial charge in [-0.05, 0) is 23.1 Å². The van der Waals surface area contributed by atoms with Crippen LogP contribution in [0.5, 0.6) is 0 Å². The lowest BCUT2D eigenvalue weighted by atomic mass is 10.1. The number of sulfonamides is 1. The number of hydrogen-bond donors (Lipinski definition) is 0. The Balaban J connectivity index is 2.31. The first kappa shape index (κ1) is 16.0. The average molecular weight is 335 g/mol. The molecule has 0 aliphatic heterocycles. The molecular formula is C13H12F3NO2S2. The summed E-state index contributed by atoms with van der Waals surface area (Å²) in [6.45, 7) is -0.337. The number of hydrogen-bond acceptors (Lipinski definition) is 3. The number of alkyl halides is 3. The summed E-state index contributed by atoms with van der Waals surface area (Å²) in [5, 5.41) is 1.60. The van der Waals surface area contributed by atoms with Crippen molar-refractivity contribution in [3.05, 3.63) is 52.9 Å². The third kappa shape index (κ3) is 3.45. The van der Waals surface area contributed by atoms with Crippen molar-refractivity contribution in [2.24, 2.45) is 0 Å². The van der Waals surface area contributed by atoms with Gasteiger partial charge in [0.05, 0.1) is 5.56 Å². The van der Waals surface area contributed by atoms with E-state index in [2.05, 4.69) is 0 Å². The molecule has 8 heteroatoms. The Hall–Kier alpha value is -1.38. The smallest absolute Gasteiger partial charge is 0.206 e. The van der Waals surface area contributed by atoms with Gasteiger partial charge in [-0.2, -0.15) is 17.5 Å². The molecule has 0 amide bonds. The van der Waals surface area contributed by atoms with Gasteiger partial charge >= 0.3 is 6.18 Å². The third-order valence-electron chi connectivity index (χ3n) is 2.88. The lowest BCUT2D eigenvalue weighted by molar-refractivity contribution is -0.138. The zero-order chi connectivity index (χ0) is 15.7. The molecule has 2 aromatic rings. The minimum atomic E-state index is -4.51. The summed E-state index contributed by atoms with van der Waals surface area (Å²) in [6.07, 6.45) is -4.51. The fraction of sp³-hybridized carbons (Fsp3) is 0.231. The topological polar surface area (TPSA) is 37.4 Å². The standard InChI is InChI=1S/C13H12F3NO2S2/c1-17(21(18,19)12-7-4-8-20-12)9-10-5-2-3-6-11(10)13(14,15)16/h2-8H,9H2,1H3. The minimum absolute atomic E-state index is 0.0763. The first-order valence-corrected chi connectivity index (χ1v) is 8.20. The summed E-state index contributed by atoms with van der Waals surface area (Å²) < 4.78 is 64.2. The molecule has 0 radical (unpaired) electrons. The molecule has 0 aliphatic rings. The molecule has 21 heavy (non-hydrogen) atoms. The Kier molecular flexibility index (Phi) is 4.40. The van der Waals surface area contributed by atoms with Crippen molar-refractivity contribution >= 4 is 21.4 Å². The van der Waals surface area contributed by atoms with Gasteiger partial charge in [-0.1, -0.05) is 24.3 Å². The second-order valence-electron chi connectivity index (χ2n) is 4.35. The van der Waals surface area contributed by atoms with Crippen LogP contribution in [0.15, 0.2) is 46.0 Å². The van der Waals surface area contributed by atoms with Crippen LogP contribution in [0.1, 0.15) is 11.1 Å². The van der Waals surface area contributed by atoms with Gasteiger partial charge < -0.3 is 0 Å². The van der Waals surface area contributed by atoms with Gasteiger partial charge in [0.2, 0.25) is 0 Å². The second kappa shape index (κ2) is 5.78. The molecule has 0 unspecified atom stereocenters. The average Bonchev–Trinajstić information content (AvgIpc) is 2.92. The van der Waals surface area contributed by atoms with Crippen molar-refractivity contribution in [1.82, 2.24) is 4.31 Å². The van der Waals surface area contributed by atoms with Gasteiger partial charge in [0.1, 0.15) is 4.21 Å². The van der Waals surface area contributed by atoms with Crippen molar-refractivity contribution in [1.29, 1.82) is 0 Å². The predicted molar refractivity (Wildman–Crippen MR) is 74.4 cm³/mol. The highest BCUT2D eigenvalue weighted by Gasteiger charge is 2.34. The summed E-state index contributed by atoms with van der Waals surface area (Å²) in [6, 6.07) is 7.96. The molecule has 1 heterocycles. The van der Waals surface area contributed by atoms with E-state index in [1.807, 2.05) is 0 Å². The van der Waals surface area contributed by atoms with Crippen molar-refractivity contribution in [3.8, 4) is 0 Å². The van der Waals surface area contributed by atoms with Gasteiger partial charge in [0, 0.05) is 13.6 Å². The maximum absolute atomic E-state index is 12.9. The molecule has 0 bridgehead atoms. The minimum Gasteiger partial charge on any atom is -0.206 e. The molecule has 0 atom stereocenters. The van der Waals surface area contributed by atoms with Gasteiger partial charge in [-0.25, -0.2) is 8.42 Å². The van der Waals surface area contributed by atoms with Gasteiger partial charge in [-0.15, -0.1) is 11.3 Å². The number of nitrogens with zero attached hydrogens (tertiary/aromatic N) is 1. The maximum Gasteiger partial charge on any atom is 0.416 e. The van der Waals surface area contributed by atoms with E-state index in [-0.39, 0.29) is 16.3 Å². The molecule has 3 nitrogen and oxygen atoms in total. The van der Waals surface area contributed by atoms with Crippen LogP contribution in [-0.2, 0) is 22.7 Å². The lowest BCUT2D eigenvalue weighted by Crippen LogP contribution is -2.27. The van der Waals surface area contributed by atoms with E-state index >= 15 is 0 Å². The number of rotatable bonds is 4. The van der Waals surface area contributed by atoms with Gasteiger partial charge in [-0.3, -0.25) is 0 Å². The van der Waals surface area contributed by atoms with Crippen LogP contribution in [0.4, 0.5) is 13.2 Å². The normalized spacial score (nSPS) is 12.8. The highest BCUT2D eigenvalue weighted by atomic mass is 32.2. The molecule has 1 aromatic heterocycles. The summed E-state index contributed by atoms with van der Waals surface area (Å²) in [5.74, 6) is 0. The maximum atomic E-state index is 12.9. The van der Waals surface area contributed by atoms with Crippen LogP contribution in [0.3, 0.4) is 0 Å². The molecule has 1 aromatic carbocycles. The first-order valence-electron chi connectivity index (χ1n) is 5.88. The van der Waals surface area contributed by atoms with E-state index < -0.39 is 21.8 Å². The van der Waals surface area contributed by atoms with Gasteiger partial charge in [0.15, 0.2) is 0 Å². The number of thiophene rings is 1. The van der Waals surface area contributed by atoms with Crippen molar-refractivity contribution in [3.63, 3.8) is 0 Å². The first-order chi connectivity index (χ1) is 9.73. The summed E-state index contributed by atoms with van der Waals surface area (Å²) in [7, 11) is -2.51. The van der Waals surface area contributed by atoms with E-state index in [0.717, 1.165) is 21.7 Å². The van der Waals surface area contributed by atoms with Crippen LogP contribution in [0, 0.1) is 0 Å². The van der Waals surface area contributed by atoms with Crippen molar-refractivity contribution in [2.45, 2.75) is 16.9 Å². The van der Waals surface area contributed by atoms with Crippen LogP contribution in [-0.4, -0.2) is 19.8 Å². The quantitative estimate of drug-likeness (QED) is 0.856. The Bertz CT molecular complexity index is 709. The lowest BCUT2D eigenvalue weighted by Gasteiger charge is -2.19. The molecule has 0 aliphatic carbocycles. The number of benzene rings is 1. The summed E-state index contributed by atoms with van der Waals surface area (Å²) in [4.78, 5) is 0. The van der Waals surface area contributed by atoms with Crippen LogP contribution in [0.25, 0.3) is 0 Å². The van der Waals surface area contributed by atoms with Crippen LogP contribution >= 0.6 is 11.3 Å². The van der Waals surface area contributed by atoms with E-state index in [1.54, 1.807) is 11.4 Å². The molecule has 0 N–H and O–H groups in total. The van der Waals surface area contributed by atoms with Crippen molar-refractivity contribution in [2.75, 3.05) is 7.05 Å². The summed E-state index contributed by atoms with van der Waals surface area (Å²) >= 11 is 1.03. The van der Waals surface area contributed by atoms with E-state index in [0.29, 0.717) is 0 Å². The largest absolute Gasteiger partial charge is 0.416 e. The second-order valence-corrected chi connectivity index (χ2v) is 7.57. The molecule has 0 saturated heterocycles. The molecule has 0 saturated carbocycles. The highest BCUT2D eigenvalue weighted by molar-refractivity contribution is 7.91. The molecule has 0 spiro atoms. The number of halogens is 3. The Morgan fingerprint density at radius 1 is 1.14 bits per heavy atom. The fourth-order valence-corrected chi connectivity index (χ4v) is 4.17. The zero-order valence-corrected chi connectivity index (χ0v) is 12.6. The summed E-state index contributed by atoms with van der Waals surface area (Å²) in [5.41, 5.74) is -0.897. The van der Waals surface area contributed by atoms with Crippen molar-refractivity contribution < 1.29 is 21.6 Å². The molecule has 114 valence electrons. The third-order valence-corrected chi connectivity index (χ3v) is 6.05.